The molecule has 0 aliphatic carbocycles. The van der Waals surface area contributed by atoms with Crippen molar-refractivity contribution in [2.75, 3.05) is 6.54 Å². The van der Waals surface area contributed by atoms with Gasteiger partial charge in [0, 0.05) is 18.9 Å². The molecule has 2 rings (SSSR count). The molecule has 2 aromatic heterocycles. The van der Waals surface area contributed by atoms with Gasteiger partial charge in [0.2, 0.25) is 0 Å². The Kier molecular flexibility index (Phi) is 4.10. The molecule has 5 nitrogen and oxygen atoms in total. The van der Waals surface area contributed by atoms with Crippen molar-refractivity contribution in [3.05, 3.63) is 36.5 Å². The van der Waals surface area contributed by atoms with Crippen LogP contribution in [0.4, 0.5) is 0 Å². The van der Waals surface area contributed by atoms with Gasteiger partial charge in [0.15, 0.2) is 5.82 Å². The van der Waals surface area contributed by atoms with Gasteiger partial charge in [-0.2, -0.15) is 0 Å². The van der Waals surface area contributed by atoms with Crippen LogP contribution in [0.5, 0.6) is 0 Å². The number of hydrogen-bond donors (Lipinski definition) is 1. The van der Waals surface area contributed by atoms with Crippen molar-refractivity contribution in [3.63, 3.8) is 0 Å². The fraction of sp³-hybridized carbons (Fsp3) is 0.333. The maximum atomic E-state index is 4.45. The molecule has 17 heavy (non-hydrogen) atoms. The first kappa shape index (κ1) is 11.6. The summed E-state index contributed by atoms with van der Waals surface area (Å²) >= 11 is 0. The third-order valence-electron chi connectivity index (χ3n) is 2.26. The molecule has 2 aromatic rings. The van der Waals surface area contributed by atoms with Crippen molar-refractivity contribution in [2.45, 2.75) is 19.9 Å². The zero-order valence-electron chi connectivity index (χ0n) is 9.80. The molecule has 0 saturated carbocycles. The Morgan fingerprint density at radius 1 is 1.18 bits per heavy atom. The van der Waals surface area contributed by atoms with Crippen LogP contribution >= 0.6 is 0 Å². The summed E-state index contributed by atoms with van der Waals surface area (Å²) in [5.74, 6) is 0.642. The maximum absolute atomic E-state index is 4.45. The largest absolute Gasteiger partial charge is 0.311 e. The van der Waals surface area contributed by atoms with Crippen LogP contribution in [0.25, 0.3) is 11.5 Å². The van der Waals surface area contributed by atoms with Gasteiger partial charge in [0.25, 0.3) is 0 Å². The number of nitrogens with zero attached hydrogens (tertiary/aromatic N) is 4. The monoisotopic (exact) mass is 229 g/mol. The minimum Gasteiger partial charge on any atom is -0.311 e. The Hall–Kier alpha value is -1.88. The zero-order valence-corrected chi connectivity index (χ0v) is 9.80. The predicted octanol–water partition coefficient (Wildman–Crippen LogP) is 1.43. The second-order valence-corrected chi connectivity index (χ2v) is 3.64. The minimum absolute atomic E-state index is 0.642. The molecule has 0 atom stereocenters. The lowest BCUT2D eigenvalue weighted by Gasteiger charge is -2.04. The van der Waals surface area contributed by atoms with Crippen LogP contribution in [0.2, 0.25) is 0 Å². The Morgan fingerprint density at radius 2 is 2.12 bits per heavy atom. The molecule has 5 heteroatoms. The third kappa shape index (κ3) is 3.29. The highest BCUT2D eigenvalue weighted by Gasteiger charge is 2.02. The molecule has 88 valence electrons. The van der Waals surface area contributed by atoms with E-state index < -0.39 is 0 Å². The number of aromatic nitrogens is 4. The van der Waals surface area contributed by atoms with Gasteiger partial charge in [0.05, 0.1) is 5.69 Å². The van der Waals surface area contributed by atoms with Crippen LogP contribution in [0.1, 0.15) is 19.0 Å². The van der Waals surface area contributed by atoms with Crippen LogP contribution in [-0.2, 0) is 6.54 Å². The van der Waals surface area contributed by atoms with Gasteiger partial charge in [-0.25, -0.2) is 19.9 Å². The molecule has 0 bridgehead atoms. The molecule has 2 heterocycles. The lowest BCUT2D eigenvalue weighted by molar-refractivity contribution is 0.663. The first-order chi connectivity index (χ1) is 8.40. The fourth-order valence-corrected chi connectivity index (χ4v) is 1.43. The second kappa shape index (κ2) is 6.00. The van der Waals surface area contributed by atoms with Crippen molar-refractivity contribution < 1.29 is 0 Å². The van der Waals surface area contributed by atoms with Gasteiger partial charge in [-0.05, 0) is 25.1 Å². The minimum atomic E-state index is 0.642. The van der Waals surface area contributed by atoms with E-state index in [-0.39, 0.29) is 0 Å². The van der Waals surface area contributed by atoms with Crippen molar-refractivity contribution in [1.29, 1.82) is 0 Å². The molecule has 0 spiro atoms. The van der Waals surface area contributed by atoms with Crippen molar-refractivity contribution in [1.82, 2.24) is 25.3 Å². The smallest absolute Gasteiger partial charge is 0.178 e. The molecule has 0 aliphatic heterocycles. The average molecular weight is 229 g/mol. The van der Waals surface area contributed by atoms with Crippen LogP contribution in [0, 0.1) is 0 Å². The van der Waals surface area contributed by atoms with E-state index in [4.69, 9.17) is 0 Å². The van der Waals surface area contributed by atoms with Gasteiger partial charge < -0.3 is 5.32 Å². The number of hydrogen-bond acceptors (Lipinski definition) is 5. The van der Waals surface area contributed by atoms with E-state index in [0.717, 1.165) is 30.9 Å². The summed E-state index contributed by atoms with van der Waals surface area (Å²) in [7, 11) is 0. The maximum Gasteiger partial charge on any atom is 0.178 e. The van der Waals surface area contributed by atoms with Crippen LogP contribution < -0.4 is 5.32 Å². The second-order valence-electron chi connectivity index (χ2n) is 3.64. The van der Waals surface area contributed by atoms with E-state index >= 15 is 0 Å². The van der Waals surface area contributed by atoms with Gasteiger partial charge in [-0.1, -0.05) is 6.92 Å². The summed E-state index contributed by atoms with van der Waals surface area (Å²) < 4.78 is 0. The molecule has 0 unspecified atom stereocenters. The van der Waals surface area contributed by atoms with Gasteiger partial charge in [-0.3, -0.25) is 0 Å². The Bertz CT molecular complexity index is 457. The Labute approximate surface area is 100 Å². The quantitative estimate of drug-likeness (QED) is 0.786. The Balaban J connectivity index is 2.12. The lowest BCUT2D eigenvalue weighted by Crippen LogP contribution is -2.15. The highest BCUT2D eigenvalue weighted by atomic mass is 15.0. The highest BCUT2D eigenvalue weighted by molar-refractivity contribution is 5.47. The van der Waals surface area contributed by atoms with E-state index in [2.05, 4.69) is 32.2 Å². The first-order valence-electron chi connectivity index (χ1n) is 5.69. The van der Waals surface area contributed by atoms with Crippen molar-refractivity contribution in [3.8, 4) is 11.5 Å². The first-order valence-corrected chi connectivity index (χ1v) is 5.69. The summed E-state index contributed by atoms with van der Waals surface area (Å²) in [6.45, 7) is 3.89. The Morgan fingerprint density at radius 3 is 2.88 bits per heavy atom. The van der Waals surface area contributed by atoms with E-state index in [1.807, 2.05) is 6.07 Å². The normalized spacial score (nSPS) is 10.4. The van der Waals surface area contributed by atoms with E-state index in [1.165, 1.54) is 6.33 Å². The average Bonchev–Trinajstić information content (AvgIpc) is 2.41. The molecular formula is C12H15N5. The summed E-state index contributed by atoms with van der Waals surface area (Å²) in [6.07, 6.45) is 6.06. The molecule has 0 fully saturated rings. The number of rotatable bonds is 5. The van der Waals surface area contributed by atoms with E-state index in [9.17, 15) is 0 Å². The summed E-state index contributed by atoms with van der Waals surface area (Å²) in [5.41, 5.74) is 1.72. The fourth-order valence-electron chi connectivity index (χ4n) is 1.43. The molecule has 0 radical (unpaired) electrons. The summed E-state index contributed by atoms with van der Waals surface area (Å²) in [6, 6.07) is 3.71. The standard InChI is InChI=1S/C12H15N5/c1-2-5-13-8-10-3-7-15-12(17-10)11-4-6-14-9-16-11/h3-4,6-7,9,13H,2,5,8H2,1H3. The molecular weight excluding hydrogens is 214 g/mol. The van der Waals surface area contributed by atoms with E-state index in [1.54, 1.807) is 18.5 Å². The SMILES string of the molecule is CCCNCc1ccnc(-c2ccncn2)n1. The third-order valence-corrected chi connectivity index (χ3v) is 2.26. The van der Waals surface area contributed by atoms with Crippen LogP contribution in [0.3, 0.4) is 0 Å². The van der Waals surface area contributed by atoms with E-state index in [0.29, 0.717) is 5.82 Å². The van der Waals surface area contributed by atoms with Crippen LogP contribution in [-0.4, -0.2) is 26.5 Å². The van der Waals surface area contributed by atoms with Crippen molar-refractivity contribution >= 4 is 0 Å². The summed E-state index contributed by atoms with van der Waals surface area (Å²) in [4.78, 5) is 16.7. The molecule has 0 aliphatic rings. The van der Waals surface area contributed by atoms with Gasteiger partial charge >= 0.3 is 0 Å². The summed E-state index contributed by atoms with van der Waals surface area (Å²) in [5, 5.41) is 3.31. The highest BCUT2D eigenvalue weighted by Crippen LogP contribution is 2.09. The lowest BCUT2D eigenvalue weighted by atomic mass is 10.3. The van der Waals surface area contributed by atoms with Crippen molar-refractivity contribution in [2.24, 2.45) is 0 Å². The molecule has 0 amide bonds. The van der Waals surface area contributed by atoms with Gasteiger partial charge in [0.1, 0.15) is 12.0 Å². The molecule has 1 N–H and O–H groups in total. The predicted molar refractivity (Wildman–Crippen MR) is 65.1 cm³/mol. The number of nitrogens with one attached hydrogen (secondary N) is 1. The molecule has 0 aromatic carbocycles. The van der Waals surface area contributed by atoms with Crippen LogP contribution in [0.15, 0.2) is 30.9 Å². The zero-order chi connectivity index (χ0) is 11.9. The van der Waals surface area contributed by atoms with Gasteiger partial charge in [-0.15, -0.1) is 0 Å². The molecule has 0 saturated heterocycles. The topological polar surface area (TPSA) is 63.6 Å².